The van der Waals surface area contributed by atoms with Crippen molar-refractivity contribution in [2.24, 2.45) is 10.9 Å². The van der Waals surface area contributed by atoms with Crippen molar-refractivity contribution in [2.45, 2.75) is 19.9 Å². The predicted molar refractivity (Wildman–Crippen MR) is 81.5 cm³/mol. The second-order valence-electron chi connectivity index (χ2n) is 4.91. The third-order valence-corrected chi connectivity index (χ3v) is 3.20. The second kappa shape index (κ2) is 6.86. The molecule has 1 atom stereocenters. The first-order valence-electron chi connectivity index (χ1n) is 6.80. The Morgan fingerprint density at radius 2 is 2.08 bits per heavy atom. The number of carbonyl (C=O) groups excluding carboxylic acids is 1. The minimum Gasteiger partial charge on any atom is -0.380 e. The highest BCUT2D eigenvalue weighted by Crippen LogP contribution is 2.19. The first kappa shape index (κ1) is 17.1. The third kappa shape index (κ3) is 3.72. The smallest absolute Gasteiger partial charge is 0.359 e. The van der Waals surface area contributed by atoms with E-state index >= 15 is 0 Å². The van der Waals surface area contributed by atoms with Crippen LogP contribution in [-0.2, 0) is 9.63 Å². The SMILES string of the molecule is Cc1nn(C(C)C(=O)O/N=C(\N)c2ccc(F)cc2)cc1[N+](=O)[O-]. The van der Waals surface area contributed by atoms with E-state index in [-0.39, 0.29) is 17.2 Å². The van der Waals surface area contributed by atoms with E-state index in [9.17, 15) is 19.3 Å². The zero-order valence-electron chi connectivity index (χ0n) is 12.8. The van der Waals surface area contributed by atoms with Gasteiger partial charge in [-0.1, -0.05) is 5.16 Å². The van der Waals surface area contributed by atoms with Crippen LogP contribution < -0.4 is 5.73 Å². The van der Waals surface area contributed by atoms with E-state index in [2.05, 4.69) is 10.3 Å². The average Bonchev–Trinajstić information content (AvgIpc) is 2.94. The van der Waals surface area contributed by atoms with E-state index in [4.69, 9.17) is 10.6 Å². The van der Waals surface area contributed by atoms with Crippen molar-refractivity contribution >= 4 is 17.5 Å². The summed E-state index contributed by atoms with van der Waals surface area (Å²) in [5, 5.41) is 18.2. The molecular weight excluding hydrogens is 321 g/mol. The van der Waals surface area contributed by atoms with Crippen molar-refractivity contribution in [2.75, 3.05) is 0 Å². The summed E-state index contributed by atoms with van der Waals surface area (Å²) in [7, 11) is 0. The molecule has 0 saturated heterocycles. The van der Waals surface area contributed by atoms with Gasteiger partial charge in [-0.15, -0.1) is 0 Å². The molecule has 126 valence electrons. The number of benzene rings is 1. The molecule has 0 aliphatic heterocycles. The van der Waals surface area contributed by atoms with E-state index in [1.165, 1.54) is 38.1 Å². The number of aromatic nitrogens is 2. The van der Waals surface area contributed by atoms with Gasteiger partial charge < -0.3 is 10.6 Å². The van der Waals surface area contributed by atoms with Crippen LogP contribution in [0.4, 0.5) is 10.1 Å². The maximum absolute atomic E-state index is 12.8. The molecule has 0 aliphatic rings. The van der Waals surface area contributed by atoms with Gasteiger partial charge in [0, 0.05) is 5.56 Å². The van der Waals surface area contributed by atoms with Gasteiger partial charge in [0.2, 0.25) is 0 Å². The molecule has 2 rings (SSSR count). The molecule has 0 fully saturated rings. The van der Waals surface area contributed by atoms with Gasteiger partial charge in [0.25, 0.3) is 0 Å². The first-order chi connectivity index (χ1) is 11.3. The predicted octanol–water partition coefficient (Wildman–Crippen LogP) is 1.66. The zero-order valence-corrected chi connectivity index (χ0v) is 12.8. The quantitative estimate of drug-likeness (QED) is 0.291. The van der Waals surface area contributed by atoms with Crippen LogP contribution in [0.2, 0.25) is 0 Å². The molecule has 0 amide bonds. The first-order valence-corrected chi connectivity index (χ1v) is 6.80. The van der Waals surface area contributed by atoms with Crippen molar-refractivity contribution in [3.05, 3.63) is 57.7 Å². The fourth-order valence-corrected chi connectivity index (χ4v) is 1.80. The summed E-state index contributed by atoms with van der Waals surface area (Å²) in [6, 6.07) is 4.20. The standard InChI is InChI=1S/C14H14FN5O4/c1-8-12(20(22)23)7-19(17-8)9(2)14(21)24-18-13(16)10-3-5-11(15)6-4-10/h3-7,9H,1-2H3,(H2,16,18). The minimum absolute atomic E-state index is 0.113. The molecule has 1 heterocycles. The second-order valence-corrected chi connectivity index (χ2v) is 4.91. The van der Waals surface area contributed by atoms with Crippen molar-refractivity contribution in [1.82, 2.24) is 9.78 Å². The lowest BCUT2D eigenvalue weighted by atomic mass is 10.2. The monoisotopic (exact) mass is 335 g/mol. The molecule has 1 aromatic carbocycles. The highest BCUT2D eigenvalue weighted by molar-refractivity contribution is 5.97. The van der Waals surface area contributed by atoms with Gasteiger partial charge in [-0.3, -0.25) is 14.8 Å². The summed E-state index contributed by atoms with van der Waals surface area (Å²) in [5.41, 5.74) is 5.99. The highest BCUT2D eigenvalue weighted by Gasteiger charge is 2.23. The number of nitrogens with zero attached hydrogens (tertiary/aromatic N) is 4. The molecule has 0 aliphatic carbocycles. The van der Waals surface area contributed by atoms with Crippen LogP contribution in [0, 0.1) is 22.9 Å². The third-order valence-electron chi connectivity index (χ3n) is 3.20. The van der Waals surface area contributed by atoms with Crippen LogP contribution >= 0.6 is 0 Å². The molecule has 9 nitrogen and oxygen atoms in total. The van der Waals surface area contributed by atoms with Crippen LogP contribution in [0.5, 0.6) is 0 Å². The summed E-state index contributed by atoms with van der Waals surface area (Å²) in [4.78, 5) is 26.9. The van der Waals surface area contributed by atoms with Gasteiger partial charge in [-0.25, -0.2) is 9.18 Å². The number of hydrogen-bond donors (Lipinski definition) is 1. The van der Waals surface area contributed by atoms with Crippen molar-refractivity contribution in [3.8, 4) is 0 Å². The summed E-state index contributed by atoms with van der Waals surface area (Å²) in [6.45, 7) is 2.90. The molecule has 0 bridgehead atoms. The molecule has 2 N–H and O–H groups in total. The van der Waals surface area contributed by atoms with Gasteiger partial charge in [-0.2, -0.15) is 5.10 Å². The van der Waals surface area contributed by atoms with Gasteiger partial charge >= 0.3 is 11.7 Å². The largest absolute Gasteiger partial charge is 0.380 e. The fraction of sp³-hybridized carbons (Fsp3) is 0.214. The lowest BCUT2D eigenvalue weighted by molar-refractivity contribution is -0.385. The topological polar surface area (TPSA) is 126 Å². The zero-order chi connectivity index (χ0) is 17.9. The Morgan fingerprint density at radius 1 is 1.46 bits per heavy atom. The molecule has 1 aromatic heterocycles. The van der Waals surface area contributed by atoms with E-state index < -0.39 is 22.8 Å². The maximum Gasteiger partial charge on any atom is 0.359 e. The van der Waals surface area contributed by atoms with Gasteiger partial charge in [-0.05, 0) is 38.1 Å². The van der Waals surface area contributed by atoms with Crippen LogP contribution in [0.15, 0.2) is 35.6 Å². The minimum atomic E-state index is -0.942. The lowest BCUT2D eigenvalue weighted by Crippen LogP contribution is -2.20. The number of hydrogen-bond acceptors (Lipinski definition) is 6. The van der Waals surface area contributed by atoms with E-state index in [0.717, 1.165) is 10.9 Å². The highest BCUT2D eigenvalue weighted by atomic mass is 19.1. The summed E-state index contributed by atoms with van der Waals surface area (Å²) < 4.78 is 13.9. The van der Waals surface area contributed by atoms with E-state index in [0.29, 0.717) is 5.56 Å². The number of carbonyl (C=O) groups is 1. The average molecular weight is 335 g/mol. The number of nitrogens with two attached hydrogens (primary N) is 1. The van der Waals surface area contributed by atoms with E-state index in [1.807, 2.05) is 0 Å². The Hall–Kier alpha value is -3.30. The number of aryl methyl sites for hydroxylation is 1. The molecule has 10 heteroatoms. The van der Waals surface area contributed by atoms with Gasteiger partial charge in [0.1, 0.15) is 23.7 Å². The van der Waals surface area contributed by atoms with Crippen LogP contribution in [-0.4, -0.2) is 26.5 Å². The number of amidine groups is 1. The Kier molecular flexibility index (Phi) is 4.87. The maximum atomic E-state index is 12.8. The summed E-state index contributed by atoms with van der Waals surface area (Å²) in [6.07, 6.45) is 1.13. The number of oxime groups is 1. The van der Waals surface area contributed by atoms with Gasteiger partial charge in [0.15, 0.2) is 5.84 Å². The lowest BCUT2D eigenvalue weighted by Gasteiger charge is -2.08. The normalized spacial score (nSPS) is 12.7. The Balaban J connectivity index is 2.08. The van der Waals surface area contributed by atoms with Crippen LogP contribution in [0.3, 0.4) is 0 Å². The molecule has 0 spiro atoms. The van der Waals surface area contributed by atoms with Crippen LogP contribution in [0.1, 0.15) is 24.2 Å². The molecule has 0 saturated carbocycles. The number of rotatable bonds is 5. The van der Waals surface area contributed by atoms with Crippen molar-refractivity contribution in [1.29, 1.82) is 0 Å². The molecule has 24 heavy (non-hydrogen) atoms. The van der Waals surface area contributed by atoms with E-state index in [1.54, 1.807) is 0 Å². The Bertz CT molecular complexity index is 800. The summed E-state index contributed by atoms with van der Waals surface area (Å²) in [5.74, 6) is -1.36. The number of nitro groups is 1. The molecule has 2 aromatic rings. The molecular formula is C14H14FN5O4. The van der Waals surface area contributed by atoms with Crippen molar-refractivity contribution < 1.29 is 18.9 Å². The number of halogens is 1. The Morgan fingerprint density at radius 3 is 2.62 bits per heavy atom. The summed E-state index contributed by atoms with van der Waals surface area (Å²) >= 11 is 0. The van der Waals surface area contributed by atoms with Crippen LogP contribution in [0.25, 0.3) is 0 Å². The van der Waals surface area contributed by atoms with Gasteiger partial charge in [0.05, 0.1) is 4.92 Å². The Labute approximate surface area is 135 Å². The fourth-order valence-electron chi connectivity index (χ4n) is 1.80. The van der Waals surface area contributed by atoms with Crippen molar-refractivity contribution in [3.63, 3.8) is 0 Å². The molecule has 1 unspecified atom stereocenters. The molecule has 0 radical (unpaired) electrons.